The number of rotatable bonds is 8. The van der Waals surface area contributed by atoms with Crippen molar-refractivity contribution < 1.29 is 29.1 Å². The van der Waals surface area contributed by atoms with Gasteiger partial charge in [0.25, 0.3) is 0 Å². The van der Waals surface area contributed by atoms with E-state index >= 15 is 0 Å². The van der Waals surface area contributed by atoms with Gasteiger partial charge in [0.05, 0.1) is 0 Å². The van der Waals surface area contributed by atoms with Crippen LogP contribution < -0.4 is 4.74 Å². The predicted molar refractivity (Wildman–Crippen MR) is 106 cm³/mol. The number of hydrogen-bond donors (Lipinski definition) is 2. The molecule has 0 atom stereocenters. The van der Waals surface area contributed by atoms with E-state index in [0.29, 0.717) is 17.1 Å². The molecule has 0 aliphatic carbocycles. The van der Waals surface area contributed by atoms with Crippen LogP contribution in [-0.4, -0.2) is 33.7 Å². The highest BCUT2D eigenvalue weighted by Crippen LogP contribution is 2.29. The molecule has 0 fully saturated rings. The summed E-state index contributed by atoms with van der Waals surface area (Å²) in [7, 11) is 0. The highest BCUT2D eigenvalue weighted by atomic mass is 16.5. The van der Waals surface area contributed by atoms with E-state index in [4.69, 9.17) is 14.4 Å². The smallest absolute Gasteiger partial charge is 0.358 e. The molecule has 0 aliphatic heterocycles. The van der Waals surface area contributed by atoms with Crippen LogP contribution in [0.3, 0.4) is 0 Å². The topological polar surface area (TPSA) is 110 Å². The number of aromatic hydroxyl groups is 1. The Hall–Kier alpha value is -3.87. The summed E-state index contributed by atoms with van der Waals surface area (Å²) in [5.41, 5.74) is 1.57. The predicted octanol–water partition coefficient (Wildman–Crippen LogP) is 4.43. The molecule has 0 amide bonds. The number of carbonyl (C=O) groups is 2. The SMILES string of the molecule is CCC(=O)c1c(O)cccc1OCC=Cc1cccc(-c2cc(C(=O)O)no2)c1. The highest BCUT2D eigenvalue weighted by molar-refractivity contribution is 6.01. The average molecular weight is 393 g/mol. The molecule has 7 heteroatoms. The zero-order chi connectivity index (χ0) is 20.8. The van der Waals surface area contributed by atoms with Crippen LogP contribution in [0.15, 0.2) is 59.1 Å². The molecular weight excluding hydrogens is 374 g/mol. The van der Waals surface area contributed by atoms with Crippen molar-refractivity contribution in [1.82, 2.24) is 5.16 Å². The molecule has 29 heavy (non-hydrogen) atoms. The fourth-order valence-corrected chi connectivity index (χ4v) is 2.73. The third kappa shape index (κ3) is 4.70. The quantitative estimate of drug-likeness (QED) is 0.545. The third-order valence-electron chi connectivity index (χ3n) is 4.15. The van der Waals surface area contributed by atoms with Crippen LogP contribution in [0.5, 0.6) is 11.5 Å². The summed E-state index contributed by atoms with van der Waals surface area (Å²) < 4.78 is 10.7. The van der Waals surface area contributed by atoms with Crippen molar-refractivity contribution in [2.75, 3.05) is 6.61 Å². The number of phenolic OH excluding ortho intramolecular Hbond substituents is 1. The number of ketones is 1. The van der Waals surface area contributed by atoms with Gasteiger partial charge >= 0.3 is 5.97 Å². The monoisotopic (exact) mass is 393 g/mol. The Morgan fingerprint density at radius 2 is 1.97 bits per heavy atom. The average Bonchev–Trinajstić information content (AvgIpc) is 3.22. The number of carbonyl (C=O) groups excluding carboxylic acids is 1. The summed E-state index contributed by atoms with van der Waals surface area (Å²) in [6.45, 7) is 1.92. The molecule has 1 aromatic heterocycles. The second kappa shape index (κ2) is 8.88. The molecular formula is C22H19NO6. The van der Waals surface area contributed by atoms with E-state index < -0.39 is 5.97 Å². The van der Waals surface area contributed by atoms with Gasteiger partial charge in [0.2, 0.25) is 0 Å². The maximum absolute atomic E-state index is 12.0. The van der Waals surface area contributed by atoms with Gasteiger partial charge in [-0.1, -0.05) is 42.4 Å². The van der Waals surface area contributed by atoms with Crippen LogP contribution in [0.2, 0.25) is 0 Å². The van der Waals surface area contributed by atoms with E-state index in [1.807, 2.05) is 24.3 Å². The van der Waals surface area contributed by atoms with E-state index in [2.05, 4.69) is 5.16 Å². The zero-order valence-electron chi connectivity index (χ0n) is 15.7. The molecule has 0 bridgehead atoms. The number of Topliss-reactive ketones (excluding diaryl/α,β-unsaturated/α-hetero) is 1. The van der Waals surface area contributed by atoms with E-state index in [-0.39, 0.29) is 35.8 Å². The van der Waals surface area contributed by atoms with Gasteiger partial charge in [-0.15, -0.1) is 0 Å². The van der Waals surface area contributed by atoms with Crippen LogP contribution in [0, 0.1) is 0 Å². The van der Waals surface area contributed by atoms with Crippen LogP contribution in [0.1, 0.15) is 39.8 Å². The van der Waals surface area contributed by atoms with Crippen molar-refractivity contribution in [3.63, 3.8) is 0 Å². The molecule has 7 nitrogen and oxygen atoms in total. The maximum atomic E-state index is 12.0. The molecule has 148 valence electrons. The normalized spacial score (nSPS) is 10.9. The number of phenols is 1. The first-order valence-corrected chi connectivity index (χ1v) is 8.94. The van der Waals surface area contributed by atoms with Gasteiger partial charge in [-0.3, -0.25) is 4.79 Å². The Bertz CT molecular complexity index is 1070. The lowest BCUT2D eigenvalue weighted by molar-refractivity contribution is 0.0685. The Morgan fingerprint density at radius 1 is 1.17 bits per heavy atom. The van der Waals surface area contributed by atoms with Crippen molar-refractivity contribution in [2.45, 2.75) is 13.3 Å². The van der Waals surface area contributed by atoms with E-state index in [0.717, 1.165) is 5.56 Å². The third-order valence-corrected chi connectivity index (χ3v) is 4.15. The highest BCUT2D eigenvalue weighted by Gasteiger charge is 2.15. The van der Waals surface area contributed by atoms with Crippen LogP contribution in [0.25, 0.3) is 17.4 Å². The van der Waals surface area contributed by atoms with E-state index in [9.17, 15) is 14.7 Å². The molecule has 0 radical (unpaired) electrons. The summed E-state index contributed by atoms with van der Waals surface area (Å²) in [4.78, 5) is 22.9. The van der Waals surface area contributed by atoms with Crippen molar-refractivity contribution in [3.05, 3.63) is 71.4 Å². The minimum atomic E-state index is -1.15. The molecule has 0 saturated heterocycles. The Labute approximate surface area is 166 Å². The molecule has 1 heterocycles. The fraction of sp³-hybridized carbons (Fsp3) is 0.136. The maximum Gasteiger partial charge on any atom is 0.358 e. The van der Waals surface area contributed by atoms with Crippen molar-refractivity contribution >= 4 is 17.8 Å². The molecule has 0 unspecified atom stereocenters. The van der Waals surface area contributed by atoms with Crippen LogP contribution >= 0.6 is 0 Å². The number of aromatic nitrogens is 1. The molecule has 2 N–H and O–H groups in total. The van der Waals surface area contributed by atoms with Crippen molar-refractivity contribution in [1.29, 1.82) is 0 Å². The minimum Gasteiger partial charge on any atom is -0.507 e. The Balaban J connectivity index is 1.70. The van der Waals surface area contributed by atoms with Crippen molar-refractivity contribution in [2.24, 2.45) is 0 Å². The first-order chi connectivity index (χ1) is 14.0. The number of aromatic carboxylic acids is 1. The van der Waals surface area contributed by atoms with Gasteiger partial charge in [0.15, 0.2) is 17.2 Å². The van der Waals surface area contributed by atoms with Gasteiger partial charge in [0.1, 0.15) is 23.7 Å². The fourth-order valence-electron chi connectivity index (χ4n) is 2.73. The molecule has 2 aromatic carbocycles. The summed E-state index contributed by atoms with van der Waals surface area (Å²) in [6.07, 6.45) is 3.86. The largest absolute Gasteiger partial charge is 0.507 e. The number of hydrogen-bond acceptors (Lipinski definition) is 6. The van der Waals surface area contributed by atoms with Crippen molar-refractivity contribution in [3.8, 4) is 22.8 Å². The Morgan fingerprint density at radius 3 is 2.69 bits per heavy atom. The van der Waals surface area contributed by atoms with Crippen LogP contribution in [0.4, 0.5) is 0 Å². The van der Waals surface area contributed by atoms with E-state index in [1.54, 1.807) is 31.2 Å². The number of ether oxygens (including phenoxy) is 1. The van der Waals surface area contributed by atoms with E-state index in [1.165, 1.54) is 12.1 Å². The molecule has 0 saturated carbocycles. The standard InChI is InChI=1S/C22H19NO6/c1-2-17(24)21-18(25)9-4-10-19(21)28-11-5-7-14-6-3-8-15(12-14)20-13-16(22(26)27)23-29-20/h3-10,12-13,25H,2,11H2,1H3,(H,26,27). The molecule has 0 aliphatic rings. The molecule has 3 aromatic rings. The van der Waals surface area contributed by atoms with Gasteiger partial charge in [0, 0.05) is 18.1 Å². The minimum absolute atomic E-state index is 0.0983. The number of benzene rings is 2. The van der Waals surface area contributed by atoms with Gasteiger partial charge in [-0.05, 0) is 29.8 Å². The number of nitrogens with zero attached hydrogens (tertiary/aromatic N) is 1. The lowest BCUT2D eigenvalue weighted by Crippen LogP contribution is -2.03. The second-order valence-electron chi connectivity index (χ2n) is 6.15. The lowest BCUT2D eigenvalue weighted by atomic mass is 10.1. The zero-order valence-corrected chi connectivity index (χ0v) is 15.7. The summed E-state index contributed by atoms with van der Waals surface area (Å²) in [5.74, 6) is -0.753. The molecule has 0 spiro atoms. The lowest BCUT2D eigenvalue weighted by Gasteiger charge is -2.10. The number of carboxylic acid groups (broad SMARTS) is 1. The summed E-state index contributed by atoms with van der Waals surface area (Å²) >= 11 is 0. The Kier molecular flexibility index (Phi) is 6.09. The summed E-state index contributed by atoms with van der Waals surface area (Å²) in [6, 6.07) is 13.4. The summed E-state index contributed by atoms with van der Waals surface area (Å²) in [5, 5.41) is 22.4. The van der Waals surface area contributed by atoms with Gasteiger partial charge in [-0.2, -0.15) is 0 Å². The van der Waals surface area contributed by atoms with Crippen LogP contribution in [-0.2, 0) is 0 Å². The van der Waals surface area contributed by atoms with Gasteiger partial charge in [-0.25, -0.2) is 4.79 Å². The first kappa shape index (κ1) is 19.9. The second-order valence-corrected chi connectivity index (χ2v) is 6.15. The molecule has 3 rings (SSSR count). The van der Waals surface area contributed by atoms with Gasteiger partial charge < -0.3 is 19.5 Å². The first-order valence-electron chi connectivity index (χ1n) is 8.94. The number of carboxylic acids is 1.